The normalized spacial score (nSPS) is 15.4. The van der Waals surface area contributed by atoms with Crippen molar-refractivity contribution in [3.05, 3.63) is 94.5 Å². The Bertz CT molecular complexity index is 1260. The topological polar surface area (TPSA) is 82.1 Å². The third-order valence-corrected chi connectivity index (χ3v) is 6.22. The van der Waals surface area contributed by atoms with E-state index in [0.717, 1.165) is 23.2 Å². The van der Waals surface area contributed by atoms with E-state index in [1.54, 1.807) is 6.07 Å². The molecule has 0 aromatic heterocycles. The summed E-state index contributed by atoms with van der Waals surface area (Å²) in [5.41, 5.74) is 3.92. The molecule has 0 saturated carbocycles. The molecule has 36 heavy (non-hydrogen) atoms. The van der Waals surface area contributed by atoms with Crippen LogP contribution in [0.4, 0.5) is 0 Å². The van der Waals surface area contributed by atoms with E-state index < -0.39 is 17.9 Å². The number of fused-ring (bicyclic) bond motifs is 1. The summed E-state index contributed by atoms with van der Waals surface area (Å²) in [5, 5.41) is 0. The van der Waals surface area contributed by atoms with Gasteiger partial charge in [-0.05, 0) is 34.7 Å². The quantitative estimate of drug-likeness (QED) is 0.374. The van der Waals surface area contributed by atoms with Crippen LogP contribution in [0.25, 0.3) is 0 Å². The van der Waals surface area contributed by atoms with Crippen LogP contribution in [0.1, 0.15) is 52.4 Å². The molecule has 0 bridgehead atoms. The third-order valence-electron chi connectivity index (χ3n) is 6.22. The first-order valence-corrected chi connectivity index (χ1v) is 11.8. The summed E-state index contributed by atoms with van der Waals surface area (Å²) in [4.78, 5) is 39.4. The Balaban J connectivity index is 1.91. The fraction of sp³-hybridized carbons (Fsp3) is 0.276. The molecule has 1 unspecified atom stereocenters. The third kappa shape index (κ3) is 5.63. The lowest BCUT2D eigenvalue weighted by Gasteiger charge is -2.26. The monoisotopic (exact) mass is 487 g/mol. The smallest absolute Gasteiger partial charge is 0.342 e. The maximum Gasteiger partial charge on any atom is 0.342 e. The first kappa shape index (κ1) is 25.1. The Morgan fingerprint density at radius 3 is 2.17 bits per heavy atom. The number of methoxy groups -OCH3 is 1. The van der Waals surface area contributed by atoms with Crippen LogP contribution in [0.5, 0.6) is 11.5 Å². The van der Waals surface area contributed by atoms with Crippen LogP contribution in [0.2, 0.25) is 0 Å². The maximum atomic E-state index is 13.1. The summed E-state index contributed by atoms with van der Waals surface area (Å²) in [5.74, 6) is -2.07. The molecule has 1 heterocycles. The second-order valence-electron chi connectivity index (χ2n) is 8.76. The number of ether oxygens (including phenoxy) is 3. The summed E-state index contributed by atoms with van der Waals surface area (Å²) in [6, 6.07) is 21.9. The van der Waals surface area contributed by atoms with Crippen molar-refractivity contribution in [3.63, 3.8) is 0 Å². The van der Waals surface area contributed by atoms with Crippen LogP contribution in [0.15, 0.2) is 66.7 Å². The summed E-state index contributed by atoms with van der Waals surface area (Å²) in [6.45, 7) is 4.58. The van der Waals surface area contributed by atoms with Crippen LogP contribution in [-0.2, 0) is 27.3 Å². The van der Waals surface area contributed by atoms with Gasteiger partial charge in [0.1, 0.15) is 5.56 Å². The van der Waals surface area contributed by atoms with E-state index in [1.807, 2.05) is 48.5 Å². The van der Waals surface area contributed by atoms with E-state index in [1.165, 1.54) is 26.5 Å². The van der Waals surface area contributed by atoms with Gasteiger partial charge in [0.2, 0.25) is 0 Å². The molecule has 186 valence electrons. The van der Waals surface area contributed by atoms with Gasteiger partial charge in [0, 0.05) is 39.4 Å². The van der Waals surface area contributed by atoms with E-state index in [9.17, 15) is 14.4 Å². The molecule has 0 radical (unpaired) electrons. The molecule has 7 nitrogen and oxygen atoms in total. The molecule has 1 aliphatic rings. The fourth-order valence-corrected chi connectivity index (χ4v) is 4.75. The minimum absolute atomic E-state index is 0.0225. The summed E-state index contributed by atoms with van der Waals surface area (Å²) in [7, 11) is 1.28. The molecule has 3 aromatic rings. The Morgan fingerprint density at radius 2 is 1.56 bits per heavy atom. The molecule has 0 aliphatic carbocycles. The predicted octanol–water partition coefficient (Wildman–Crippen LogP) is 4.51. The Morgan fingerprint density at radius 1 is 0.917 bits per heavy atom. The fourth-order valence-electron chi connectivity index (χ4n) is 4.75. The van der Waals surface area contributed by atoms with Gasteiger partial charge in [-0.3, -0.25) is 14.5 Å². The average molecular weight is 488 g/mol. The van der Waals surface area contributed by atoms with Gasteiger partial charge < -0.3 is 14.2 Å². The van der Waals surface area contributed by atoms with E-state index in [2.05, 4.69) is 17.0 Å². The lowest BCUT2D eigenvalue weighted by molar-refractivity contribution is -0.134. The van der Waals surface area contributed by atoms with Crippen molar-refractivity contribution in [1.82, 2.24) is 4.90 Å². The summed E-state index contributed by atoms with van der Waals surface area (Å²) in [6.07, 6.45) is 0.518. The highest BCUT2D eigenvalue weighted by Gasteiger charge is 2.33. The number of rotatable bonds is 6. The van der Waals surface area contributed by atoms with Gasteiger partial charge >= 0.3 is 17.9 Å². The molecular weight excluding hydrogens is 458 g/mol. The average Bonchev–Trinajstić information content (AvgIpc) is 3.04. The van der Waals surface area contributed by atoms with Crippen molar-refractivity contribution in [3.8, 4) is 11.5 Å². The van der Waals surface area contributed by atoms with Crippen molar-refractivity contribution < 1.29 is 28.6 Å². The van der Waals surface area contributed by atoms with Gasteiger partial charge in [-0.25, -0.2) is 4.79 Å². The van der Waals surface area contributed by atoms with Crippen molar-refractivity contribution in [2.75, 3.05) is 20.2 Å². The zero-order chi connectivity index (χ0) is 25.7. The minimum atomic E-state index is -0.653. The first-order valence-electron chi connectivity index (χ1n) is 11.8. The van der Waals surface area contributed by atoms with Gasteiger partial charge in [-0.2, -0.15) is 0 Å². The van der Waals surface area contributed by atoms with E-state index in [-0.39, 0.29) is 23.0 Å². The number of benzene rings is 3. The lowest BCUT2D eigenvalue weighted by Crippen LogP contribution is -2.28. The molecule has 1 aliphatic heterocycles. The zero-order valence-electron chi connectivity index (χ0n) is 20.7. The van der Waals surface area contributed by atoms with Crippen LogP contribution >= 0.6 is 0 Å². The number of hydrogen-bond acceptors (Lipinski definition) is 7. The Kier molecular flexibility index (Phi) is 7.80. The summed E-state index contributed by atoms with van der Waals surface area (Å²) < 4.78 is 16.0. The molecular formula is C29H29NO6. The predicted molar refractivity (Wildman–Crippen MR) is 134 cm³/mol. The summed E-state index contributed by atoms with van der Waals surface area (Å²) >= 11 is 0. The number of carbonyl (C=O) groups excluding carboxylic acids is 3. The van der Waals surface area contributed by atoms with Crippen LogP contribution < -0.4 is 9.47 Å². The molecule has 0 N–H and O–H groups in total. The van der Waals surface area contributed by atoms with Gasteiger partial charge in [0.25, 0.3) is 0 Å². The number of hydrogen-bond donors (Lipinski definition) is 0. The van der Waals surface area contributed by atoms with Crippen molar-refractivity contribution in [1.29, 1.82) is 0 Å². The number of carbonyl (C=O) groups is 3. The number of nitrogens with zero attached hydrogens (tertiary/aromatic N) is 1. The standard InChI is InChI=1S/C29H29NO6/c1-19(31)35-26-16-24-23(27(29(33)34-3)28(26)36-20(2)32)14-15-30(17-21-10-6-4-7-11-21)18-25(24)22-12-8-5-9-13-22/h4-13,16,25H,14-15,17-18H2,1-3H3. The molecule has 1 atom stereocenters. The molecule has 7 heteroatoms. The maximum absolute atomic E-state index is 13.1. The van der Waals surface area contributed by atoms with E-state index in [4.69, 9.17) is 14.2 Å². The largest absolute Gasteiger partial charge is 0.465 e. The molecule has 4 rings (SSSR count). The van der Waals surface area contributed by atoms with Gasteiger partial charge in [-0.1, -0.05) is 60.7 Å². The van der Waals surface area contributed by atoms with E-state index in [0.29, 0.717) is 19.5 Å². The van der Waals surface area contributed by atoms with Crippen molar-refractivity contribution >= 4 is 17.9 Å². The van der Waals surface area contributed by atoms with Crippen molar-refractivity contribution in [2.24, 2.45) is 0 Å². The zero-order valence-corrected chi connectivity index (χ0v) is 20.7. The minimum Gasteiger partial charge on any atom is -0.465 e. The molecule has 0 fully saturated rings. The second-order valence-corrected chi connectivity index (χ2v) is 8.76. The number of esters is 3. The molecule has 3 aromatic carbocycles. The van der Waals surface area contributed by atoms with E-state index >= 15 is 0 Å². The highest BCUT2D eigenvalue weighted by molar-refractivity contribution is 5.97. The van der Waals surface area contributed by atoms with Gasteiger partial charge in [0.05, 0.1) is 7.11 Å². The van der Waals surface area contributed by atoms with Crippen LogP contribution in [-0.4, -0.2) is 43.0 Å². The molecule has 0 amide bonds. The lowest BCUT2D eigenvalue weighted by atomic mass is 9.85. The van der Waals surface area contributed by atoms with Crippen molar-refractivity contribution in [2.45, 2.75) is 32.7 Å². The van der Waals surface area contributed by atoms with Crippen LogP contribution in [0.3, 0.4) is 0 Å². The van der Waals surface area contributed by atoms with Crippen LogP contribution in [0, 0.1) is 0 Å². The molecule has 0 saturated heterocycles. The SMILES string of the molecule is COC(=O)c1c2c(cc(OC(C)=O)c1OC(C)=O)C(c1ccccc1)CN(Cc1ccccc1)CC2. The first-order chi connectivity index (χ1) is 17.4. The Hall–Kier alpha value is -3.97. The Labute approximate surface area is 210 Å². The van der Waals surface area contributed by atoms with Gasteiger partial charge in [-0.15, -0.1) is 0 Å². The van der Waals surface area contributed by atoms with Gasteiger partial charge in [0.15, 0.2) is 11.5 Å². The second kappa shape index (κ2) is 11.2. The molecule has 0 spiro atoms. The highest BCUT2D eigenvalue weighted by Crippen LogP contribution is 2.43. The highest BCUT2D eigenvalue weighted by atomic mass is 16.6.